The van der Waals surface area contributed by atoms with Crippen molar-refractivity contribution in [2.45, 2.75) is 53.6 Å². The molecule has 0 atom stereocenters. The Hall–Kier alpha value is -1.72. The van der Waals surface area contributed by atoms with E-state index < -0.39 is 0 Å². The molecule has 0 aliphatic carbocycles. The van der Waals surface area contributed by atoms with Crippen molar-refractivity contribution in [1.29, 1.82) is 0 Å². The molecule has 2 rings (SSSR count). The molecular weight excluding hydrogens is 228 g/mol. The van der Waals surface area contributed by atoms with Crippen LogP contribution in [0.4, 0.5) is 0 Å². The van der Waals surface area contributed by atoms with Crippen molar-refractivity contribution in [3.63, 3.8) is 0 Å². The van der Waals surface area contributed by atoms with Gasteiger partial charge in [-0.1, -0.05) is 10.4 Å². The van der Waals surface area contributed by atoms with E-state index in [9.17, 15) is 0 Å². The predicted octanol–water partition coefficient (Wildman–Crippen LogP) is 1.75. The molecule has 0 radical (unpaired) electrons. The lowest BCUT2D eigenvalue weighted by Gasteiger charge is -2.00. The Morgan fingerprint density at radius 2 is 1.89 bits per heavy atom. The summed E-state index contributed by atoms with van der Waals surface area (Å²) >= 11 is 0. The van der Waals surface area contributed by atoms with Crippen LogP contribution in [0.1, 0.15) is 51.2 Å². The van der Waals surface area contributed by atoms with Gasteiger partial charge < -0.3 is 0 Å². The Kier molecular flexibility index (Phi) is 5.00. The molecule has 6 nitrogen and oxygen atoms in total. The number of aryl methyl sites for hydroxylation is 2. The molecule has 100 valence electrons. The summed E-state index contributed by atoms with van der Waals surface area (Å²) in [7, 11) is 0. The van der Waals surface area contributed by atoms with Gasteiger partial charge in [0.25, 0.3) is 0 Å². The number of nitrogens with one attached hydrogen (secondary N) is 1. The summed E-state index contributed by atoms with van der Waals surface area (Å²) in [5.74, 6) is 0. The fourth-order valence-electron chi connectivity index (χ4n) is 1.47. The van der Waals surface area contributed by atoms with Crippen molar-refractivity contribution in [2.75, 3.05) is 0 Å². The van der Waals surface area contributed by atoms with Crippen molar-refractivity contribution >= 4 is 0 Å². The van der Waals surface area contributed by atoms with Gasteiger partial charge in [-0.2, -0.15) is 4.68 Å². The molecule has 0 aromatic carbocycles. The van der Waals surface area contributed by atoms with Crippen LogP contribution in [0.25, 0.3) is 0 Å². The van der Waals surface area contributed by atoms with E-state index in [2.05, 4.69) is 48.3 Å². The summed E-state index contributed by atoms with van der Waals surface area (Å²) < 4.78 is 3.86. The molecule has 0 saturated carbocycles. The molecule has 0 bridgehead atoms. The minimum absolute atomic E-state index is 0.422. The van der Waals surface area contributed by atoms with Crippen molar-refractivity contribution in [3.05, 3.63) is 23.8 Å². The Labute approximate surface area is 108 Å². The van der Waals surface area contributed by atoms with Gasteiger partial charge >= 0.3 is 0 Å². The number of H-pyrrole nitrogens is 1. The van der Waals surface area contributed by atoms with Gasteiger partial charge in [-0.05, 0) is 34.6 Å². The first-order valence-electron chi connectivity index (χ1n) is 6.21. The van der Waals surface area contributed by atoms with Crippen LogP contribution in [0.2, 0.25) is 0 Å². The second kappa shape index (κ2) is 6.28. The van der Waals surface area contributed by atoms with Crippen molar-refractivity contribution < 1.29 is 4.68 Å². The van der Waals surface area contributed by atoms with Crippen LogP contribution in [0.3, 0.4) is 0 Å². The number of hydrogen-bond acceptors (Lipinski definition) is 3. The van der Waals surface area contributed by atoms with Gasteiger partial charge in [0.2, 0.25) is 6.20 Å². The predicted molar refractivity (Wildman–Crippen MR) is 69.0 cm³/mol. The fraction of sp³-hybridized carbons (Fsp3) is 0.667. The smallest absolute Gasteiger partial charge is 0.208 e. The van der Waals surface area contributed by atoms with Gasteiger partial charge in [-0.15, -0.1) is 5.10 Å². The highest BCUT2D eigenvalue weighted by molar-refractivity contribution is 4.87. The largest absolute Gasteiger partial charge is 0.250 e. The molecule has 6 heteroatoms. The third-order valence-electron chi connectivity index (χ3n) is 2.47. The first-order valence-corrected chi connectivity index (χ1v) is 6.21. The van der Waals surface area contributed by atoms with Crippen molar-refractivity contribution in [3.8, 4) is 0 Å². The van der Waals surface area contributed by atoms with Gasteiger partial charge in [0.05, 0.1) is 5.69 Å². The standard InChI is InChI=1S/2C6H11N3/c1-5(2)9-4-6(3)7-8-9;1-5(2)9-6(3)4-7-8-9/h2*4-5H,1-3H3/p+1. The molecule has 2 aromatic heterocycles. The number of aromatic nitrogens is 6. The number of hydrogen-bond donors (Lipinski definition) is 1. The Morgan fingerprint density at radius 1 is 1.22 bits per heavy atom. The molecule has 0 aliphatic heterocycles. The number of nitrogens with zero attached hydrogens (tertiary/aromatic N) is 5. The van der Waals surface area contributed by atoms with E-state index in [1.165, 1.54) is 5.69 Å². The van der Waals surface area contributed by atoms with E-state index in [1.807, 2.05) is 35.6 Å². The average molecular weight is 251 g/mol. The fourth-order valence-corrected chi connectivity index (χ4v) is 1.47. The monoisotopic (exact) mass is 251 g/mol. The van der Waals surface area contributed by atoms with Crippen LogP contribution in [0, 0.1) is 13.8 Å². The van der Waals surface area contributed by atoms with E-state index >= 15 is 0 Å². The zero-order chi connectivity index (χ0) is 13.7. The van der Waals surface area contributed by atoms with Crippen LogP contribution in [-0.4, -0.2) is 25.3 Å². The number of aromatic amines is 1. The minimum Gasteiger partial charge on any atom is -0.250 e. The van der Waals surface area contributed by atoms with Crippen LogP contribution < -0.4 is 4.68 Å². The summed E-state index contributed by atoms with van der Waals surface area (Å²) in [5, 5.41) is 14.5. The Morgan fingerprint density at radius 3 is 2.11 bits per heavy atom. The van der Waals surface area contributed by atoms with E-state index in [0.717, 1.165) is 5.69 Å². The number of rotatable bonds is 2. The summed E-state index contributed by atoms with van der Waals surface area (Å²) in [6.45, 7) is 12.4. The highest BCUT2D eigenvalue weighted by Crippen LogP contribution is 2.00. The zero-order valence-electron chi connectivity index (χ0n) is 12.0. The molecule has 0 amide bonds. The second-order valence-corrected chi connectivity index (χ2v) is 4.90. The normalized spacial score (nSPS) is 10.7. The second-order valence-electron chi connectivity index (χ2n) is 4.90. The third kappa shape index (κ3) is 3.94. The average Bonchev–Trinajstić information content (AvgIpc) is 2.87. The highest BCUT2D eigenvalue weighted by Gasteiger charge is 2.07. The van der Waals surface area contributed by atoms with Crippen LogP contribution in [-0.2, 0) is 0 Å². The maximum Gasteiger partial charge on any atom is 0.208 e. The Balaban J connectivity index is 0.000000180. The minimum atomic E-state index is 0.422. The van der Waals surface area contributed by atoms with Gasteiger partial charge in [-0.25, -0.2) is 4.68 Å². The third-order valence-corrected chi connectivity index (χ3v) is 2.47. The first kappa shape index (κ1) is 14.3. The quantitative estimate of drug-likeness (QED) is 0.827. The molecule has 0 unspecified atom stereocenters. The van der Waals surface area contributed by atoms with E-state index in [4.69, 9.17) is 0 Å². The van der Waals surface area contributed by atoms with Gasteiger partial charge in [-0.3, -0.25) is 0 Å². The van der Waals surface area contributed by atoms with Gasteiger partial charge in [0, 0.05) is 24.3 Å². The van der Waals surface area contributed by atoms with E-state index in [0.29, 0.717) is 12.1 Å². The maximum absolute atomic E-state index is 3.88. The summed E-state index contributed by atoms with van der Waals surface area (Å²) in [4.78, 5) is 0. The van der Waals surface area contributed by atoms with Crippen LogP contribution in [0.15, 0.2) is 12.4 Å². The van der Waals surface area contributed by atoms with E-state index in [-0.39, 0.29) is 0 Å². The molecule has 1 N–H and O–H groups in total. The zero-order valence-corrected chi connectivity index (χ0v) is 12.0. The molecule has 0 fully saturated rings. The molecule has 18 heavy (non-hydrogen) atoms. The van der Waals surface area contributed by atoms with Crippen molar-refractivity contribution in [1.82, 2.24) is 25.3 Å². The van der Waals surface area contributed by atoms with E-state index in [1.54, 1.807) is 0 Å². The van der Waals surface area contributed by atoms with Crippen molar-refractivity contribution in [2.24, 2.45) is 0 Å². The molecule has 2 aromatic rings. The lowest BCUT2D eigenvalue weighted by atomic mass is 10.4. The summed E-state index contributed by atoms with van der Waals surface area (Å²) in [6.07, 6.45) is 3.75. The molecule has 0 aliphatic rings. The Bertz CT molecular complexity index is 468. The van der Waals surface area contributed by atoms with Crippen LogP contribution in [0.5, 0.6) is 0 Å². The van der Waals surface area contributed by atoms with Crippen LogP contribution >= 0.6 is 0 Å². The first-order chi connectivity index (χ1) is 8.41. The highest BCUT2D eigenvalue weighted by atomic mass is 15.4. The summed E-state index contributed by atoms with van der Waals surface area (Å²) in [5.41, 5.74) is 2.15. The molecule has 0 saturated heterocycles. The van der Waals surface area contributed by atoms with Gasteiger partial charge in [0.15, 0.2) is 5.69 Å². The molecule has 2 heterocycles. The topological polar surface area (TPSA) is 63.3 Å². The molecular formula is C12H23N6+. The summed E-state index contributed by atoms with van der Waals surface area (Å²) in [6, 6.07) is 0.902. The SMILES string of the molecule is Cc1cn(C(C)C)nn1.Cc1cn[nH][n+]1C(C)C. The van der Waals surface area contributed by atoms with Gasteiger partial charge in [0.1, 0.15) is 6.04 Å². The molecule has 0 spiro atoms. The maximum atomic E-state index is 3.88. The lowest BCUT2D eigenvalue weighted by molar-refractivity contribution is -0.776. The lowest BCUT2D eigenvalue weighted by Crippen LogP contribution is -2.40.